The van der Waals surface area contributed by atoms with Crippen LogP contribution < -0.4 is 0 Å². The van der Waals surface area contributed by atoms with Gasteiger partial charge in [-0.1, -0.05) is 23.2 Å². The molecule has 0 amide bonds. The van der Waals surface area contributed by atoms with Crippen molar-refractivity contribution in [3.8, 4) is 0 Å². The highest BCUT2D eigenvalue weighted by Gasteiger charge is 2.41. The molecule has 0 radical (unpaired) electrons. The van der Waals surface area contributed by atoms with Gasteiger partial charge >= 0.3 is 0 Å². The first-order chi connectivity index (χ1) is 8.32. The monoisotopic (exact) mass is 315 g/mol. The van der Waals surface area contributed by atoms with E-state index >= 15 is 0 Å². The summed E-state index contributed by atoms with van der Waals surface area (Å²) < 4.78 is 49.8. The van der Waals surface area contributed by atoms with Gasteiger partial charge in [0.1, 0.15) is 4.90 Å². The fourth-order valence-electron chi connectivity index (χ4n) is 1.64. The highest BCUT2D eigenvalue weighted by Crippen LogP contribution is 2.33. The lowest BCUT2D eigenvalue weighted by molar-refractivity contribution is 0.0123. The zero-order valence-corrected chi connectivity index (χ0v) is 11.3. The summed E-state index contributed by atoms with van der Waals surface area (Å²) in [5.41, 5.74) is 0. The fraction of sp³-hybridized carbons (Fsp3) is 0.400. The second-order valence-electron chi connectivity index (χ2n) is 3.99. The lowest BCUT2D eigenvalue weighted by Gasteiger charge is -2.37. The Morgan fingerprint density at radius 3 is 2.44 bits per heavy atom. The quantitative estimate of drug-likeness (QED) is 0.860. The Labute approximate surface area is 113 Å². The zero-order valence-electron chi connectivity index (χ0n) is 8.98. The van der Waals surface area contributed by atoms with Gasteiger partial charge < -0.3 is 0 Å². The van der Waals surface area contributed by atoms with Crippen molar-refractivity contribution in [1.82, 2.24) is 4.31 Å². The van der Waals surface area contributed by atoms with Gasteiger partial charge in [0.25, 0.3) is 0 Å². The molecule has 8 heteroatoms. The van der Waals surface area contributed by atoms with E-state index in [0.717, 1.165) is 4.31 Å². The van der Waals surface area contributed by atoms with Crippen LogP contribution in [0.15, 0.2) is 23.1 Å². The van der Waals surface area contributed by atoms with Crippen molar-refractivity contribution in [2.45, 2.75) is 11.3 Å². The Morgan fingerprint density at radius 1 is 1.28 bits per heavy atom. The van der Waals surface area contributed by atoms with E-state index in [9.17, 15) is 17.2 Å². The van der Waals surface area contributed by atoms with Crippen LogP contribution in [0.25, 0.3) is 0 Å². The minimum Gasteiger partial charge on any atom is -0.210 e. The molecule has 1 aliphatic rings. The molecule has 1 heterocycles. The Balaban J connectivity index is 2.25. The number of halogens is 4. The van der Waals surface area contributed by atoms with Crippen LogP contribution in [0, 0.1) is 5.92 Å². The molecule has 1 fully saturated rings. The molecule has 100 valence electrons. The van der Waals surface area contributed by atoms with Gasteiger partial charge in [-0.05, 0) is 18.2 Å². The Kier molecular flexibility index (Phi) is 3.82. The standard InChI is InChI=1S/C10H9Cl2F2NO2S/c11-7-1-2-8(12)9(3-7)18(16,17)15-4-6(5-15)10(13)14/h1-3,6,10H,4-5H2. The maximum Gasteiger partial charge on any atom is 0.244 e. The van der Waals surface area contributed by atoms with E-state index in [2.05, 4.69) is 0 Å². The molecular formula is C10H9Cl2F2NO2S. The summed E-state index contributed by atoms with van der Waals surface area (Å²) in [6, 6.07) is 4.04. The predicted molar refractivity (Wildman–Crippen MR) is 64.7 cm³/mol. The van der Waals surface area contributed by atoms with Crippen molar-refractivity contribution in [3.63, 3.8) is 0 Å². The third-order valence-corrected chi connectivity index (χ3v) is 5.29. The van der Waals surface area contributed by atoms with E-state index in [1.807, 2.05) is 0 Å². The first kappa shape index (κ1) is 14.0. The summed E-state index contributed by atoms with van der Waals surface area (Å²) in [5, 5.41) is 0.254. The number of rotatable bonds is 3. The number of hydrogen-bond donors (Lipinski definition) is 0. The molecule has 0 spiro atoms. The van der Waals surface area contributed by atoms with E-state index in [4.69, 9.17) is 23.2 Å². The summed E-state index contributed by atoms with van der Waals surface area (Å²) in [5.74, 6) is -0.905. The molecule has 0 aliphatic carbocycles. The van der Waals surface area contributed by atoms with Gasteiger partial charge in [-0.15, -0.1) is 0 Å². The minimum atomic E-state index is -3.84. The predicted octanol–water partition coefficient (Wildman–Crippen LogP) is 2.88. The molecule has 18 heavy (non-hydrogen) atoms. The molecule has 0 unspecified atom stereocenters. The first-order valence-corrected chi connectivity index (χ1v) is 7.25. The largest absolute Gasteiger partial charge is 0.244 e. The lowest BCUT2D eigenvalue weighted by Crippen LogP contribution is -2.52. The Hall–Kier alpha value is -0.430. The van der Waals surface area contributed by atoms with E-state index in [0.29, 0.717) is 0 Å². The van der Waals surface area contributed by atoms with Crippen LogP contribution in [-0.2, 0) is 10.0 Å². The second kappa shape index (κ2) is 4.92. The van der Waals surface area contributed by atoms with Crippen molar-refractivity contribution in [3.05, 3.63) is 28.2 Å². The topological polar surface area (TPSA) is 37.4 Å². The van der Waals surface area contributed by atoms with Crippen LogP contribution in [0.4, 0.5) is 8.78 Å². The average Bonchev–Trinajstić information content (AvgIpc) is 2.18. The second-order valence-corrected chi connectivity index (χ2v) is 6.74. The molecule has 1 aromatic carbocycles. The molecule has 1 aliphatic heterocycles. The molecule has 1 aromatic rings. The highest BCUT2D eigenvalue weighted by atomic mass is 35.5. The molecular weight excluding hydrogens is 307 g/mol. The normalized spacial score (nSPS) is 18.1. The van der Waals surface area contributed by atoms with Crippen LogP contribution in [0.2, 0.25) is 10.0 Å². The zero-order chi connectivity index (χ0) is 13.5. The van der Waals surface area contributed by atoms with E-state index in [1.54, 1.807) is 0 Å². The van der Waals surface area contributed by atoms with Gasteiger partial charge in [-0.3, -0.25) is 0 Å². The van der Waals surface area contributed by atoms with Crippen molar-refractivity contribution < 1.29 is 17.2 Å². The number of nitrogens with zero attached hydrogens (tertiary/aromatic N) is 1. The van der Waals surface area contributed by atoms with E-state index in [1.165, 1.54) is 18.2 Å². The summed E-state index contributed by atoms with van der Waals surface area (Å²) in [7, 11) is -3.84. The van der Waals surface area contributed by atoms with Gasteiger partial charge in [-0.2, -0.15) is 4.31 Å². The van der Waals surface area contributed by atoms with Crippen LogP contribution >= 0.6 is 23.2 Å². The molecule has 0 saturated carbocycles. The van der Waals surface area contributed by atoms with Gasteiger partial charge in [0.05, 0.1) is 5.02 Å². The minimum absolute atomic E-state index is 0.0277. The summed E-state index contributed by atoms with van der Waals surface area (Å²) in [4.78, 5) is -0.149. The lowest BCUT2D eigenvalue weighted by atomic mass is 10.1. The summed E-state index contributed by atoms with van der Waals surface area (Å²) in [6.07, 6.45) is -2.51. The van der Waals surface area contributed by atoms with Crippen molar-refractivity contribution >= 4 is 33.2 Å². The van der Waals surface area contributed by atoms with Gasteiger partial charge in [0, 0.05) is 24.0 Å². The van der Waals surface area contributed by atoms with E-state index in [-0.39, 0.29) is 28.0 Å². The number of alkyl halides is 2. The average molecular weight is 316 g/mol. The molecule has 1 saturated heterocycles. The van der Waals surface area contributed by atoms with Crippen molar-refractivity contribution in [2.24, 2.45) is 5.92 Å². The maximum atomic E-state index is 12.3. The third kappa shape index (κ3) is 2.47. The van der Waals surface area contributed by atoms with Gasteiger partial charge in [0.15, 0.2) is 0 Å². The molecule has 3 nitrogen and oxygen atoms in total. The number of sulfonamides is 1. The smallest absolute Gasteiger partial charge is 0.210 e. The number of hydrogen-bond acceptors (Lipinski definition) is 2. The maximum absolute atomic E-state index is 12.3. The number of benzene rings is 1. The molecule has 0 N–H and O–H groups in total. The van der Waals surface area contributed by atoms with Crippen molar-refractivity contribution in [1.29, 1.82) is 0 Å². The van der Waals surface area contributed by atoms with Crippen LogP contribution in [0.3, 0.4) is 0 Å². The fourth-order valence-corrected chi connectivity index (χ4v) is 3.93. The Morgan fingerprint density at radius 2 is 1.89 bits per heavy atom. The van der Waals surface area contributed by atoms with Gasteiger partial charge in [-0.25, -0.2) is 17.2 Å². The molecule has 2 rings (SSSR count). The highest BCUT2D eigenvalue weighted by molar-refractivity contribution is 7.89. The van der Waals surface area contributed by atoms with Crippen LogP contribution in [0.5, 0.6) is 0 Å². The van der Waals surface area contributed by atoms with Crippen LogP contribution in [-0.4, -0.2) is 32.2 Å². The third-order valence-electron chi connectivity index (χ3n) is 2.74. The molecule has 0 atom stereocenters. The SMILES string of the molecule is O=S(=O)(c1cc(Cl)ccc1Cl)N1CC(C(F)F)C1. The van der Waals surface area contributed by atoms with E-state index < -0.39 is 22.4 Å². The van der Waals surface area contributed by atoms with Crippen molar-refractivity contribution in [2.75, 3.05) is 13.1 Å². The molecule has 0 aromatic heterocycles. The Bertz CT molecular complexity index is 559. The summed E-state index contributed by atoms with van der Waals surface area (Å²) >= 11 is 11.5. The molecule has 0 bridgehead atoms. The van der Waals surface area contributed by atoms with Gasteiger partial charge in [0.2, 0.25) is 16.4 Å². The first-order valence-electron chi connectivity index (χ1n) is 5.05. The summed E-state index contributed by atoms with van der Waals surface area (Å²) in [6.45, 7) is -0.383. The van der Waals surface area contributed by atoms with Crippen LogP contribution in [0.1, 0.15) is 0 Å².